The number of carbonyl (C=O) groups excluding carboxylic acids is 1. The number of nitrogens with zero attached hydrogens (tertiary/aromatic N) is 12. The van der Waals surface area contributed by atoms with E-state index in [9.17, 15) is 18.7 Å². The number of carbonyl (C=O) groups is 1. The standard InChI is InChI=1S/C42H63FN6O4Si3.C32H45FN4O3Si2.C24H21FN6O/c1-11-32-24-40(53-31-52-19-22-56(8,9)10)38(43)25-37(32)33-14-15-36-39(23-33)49(30-51-18-21-55(5,6)7)47-41(36)42-46-35(27-45-34-13-12-16-44-26-34)28-48(42)29-50-17-20-54(2,3)4;1-9-24-16-23(2)29(33)18-28(24)25-10-11-27-30(17-25)37(22-40-13-15-42(6,7)8)35-31(27)32-34-26(20-38)19-36(32)21-39-12-14-41(3,4)5;1-2-14-9-22(32)20(25)10-19(14)15-5-6-18-21(8-15)30-31-23(18)24-28-13-17(29-24)12-27-16-4-3-7-26-11-16/h12-16,23-26,28,45H,11,17-22,27,29-31H2,1-10H3;10-11,16-20H,9,12-15,21-22H2,1-8H3;3-11,13,27,32H,2,12H2,1H3,(H,28,29)(H,30,31). The number of anilines is 2. The average molecular weight is 1860 g/mol. The van der Waals surface area contributed by atoms with E-state index in [-0.39, 0.29) is 44.3 Å². The highest BCUT2D eigenvalue weighted by molar-refractivity contribution is 6.77. The first-order valence-electron chi connectivity index (χ1n) is 45.0. The van der Waals surface area contributed by atoms with Crippen molar-refractivity contribution in [2.45, 2.75) is 215 Å². The molecule has 0 fully saturated rings. The zero-order valence-electron chi connectivity index (χ0n) is 79.0. The fraction of sp³-hybridized carbons (Fsp3) is 0.398. The monoisotopic (exact) mass is 1850 g/mol. The minimum absolute atomic E-state index is 0.0237. The largest absolute Gasteiger partial charge is 0.505 e. The molecule has 14 rings (SSSR count). The number of H-pyrrole nitrogens is 2. The van der Waals surface area contributed by atoms with E-state index in [1.807, 2.05) is 93.8 Å². The molecule has 0 bridgehead atoms. The van der Waals surface area contributed by atoms with Crippen molar-refractivity contribution in [3.8, 4) is 79.4 Å². The summed E-state index contributed by atoms with van der Waals surface area (Å²) in [6, 6.07) is 40.8. The van der Waals surface area contributed by atoms with E-state index in [4.69, 9.17) is 43.6 Å². The molecule has 32 heteroatoms. The fourth-order valence-corrected chi connectivity index (χ4v) is 18.3. The third-order valence-corrected chi connectivity index (χ3v) is 30.8. The molecule has 690 valence electrons. The number of hydrogen-bond donors (Lipinski definition) is 5. The van der Waals surface area contributed by atoms with E-state index >= 15 is 4.39 Å². The maximum absolute atomic E-state index is 15.6. The second-order valence-electron chi connectivity index (χ2n) is 39.1. The van der Waals surface area contributed by atoms with Crippen LogP contribution in [0.3, 0.4) is 0 Å². The lowest BCUT2D eigenvalue weighted by atomic mass is 9.95. The Morgan fingerprint density at radius 3 is 1.45 bits per heavy atom. The van der Waals surface area contributed by atoms with E-state index < -0.39 is 52.0 Å². The molecule has 14 aromatic rings. The fourth-order valence-electron chi connectivity index (χ4n) is 14.5. The summed E-state index contributed by atoms with van der Waals surface area (Å²) in [6.07, 6.45) is 15.5. The van der Waals surface area contributed by atoms with Crippen LogP contribution in [0, 0.1) is 24.4 Å². The minimum atomic E-state index is -1.30. The number of halogens is 3. The molecule has 0 aliphatic heterocycles. The Bertz CT molecular complexity index is 6120. The molecule has 0 atom stereocenters. The predicted molar refractivity (Wildman–Crippen MR) is 531 cm³/mol. The SMILES string of the molecule is CCc1cc(C)c(F)cc1-c1ccc2c(-c3nc(C=O)cn3COCC[Si](C)(C)C)nn(COCC[Si](C)(C)C)c2c1.CCc1cc(O)c(F)cc1-c1ccc2c(-c3ncc(CNc4cccnc4)[nH]3)n[nH]c2c1.CCc1cc(OCOCC[Si](C)(C)C)c(F)cc1-c1ccc2c(-c3nc(CNc4cccnc4)cn3COCC[Si](C)(C)C)nn(COCC[Si](C)(C)C)c2c1. The number of ether oxygens (including phenoxy) is 6. The molecule has 8 heterocycles. The number of aromatic hydroxyl groups is 1. The van der Waals surface area contributed by atoms with Crippen LogP contribution in [0.1, 0.15) is 64.9 Å². The van der Waals surface area contributed by atoms with Gasteiger partial charge < -0.3 is 58.3 Å². The van der Waals surface area contributed by atoms with Crippen LogP contribution in [0.2, 0.25) is 128 Å². The zero-order valence-corrected chi connectivity index (χ0v) is 84.0. The molecule has 8 aromatic heterocycles. The number of hydrogen-bond acceptors (Lipinski definition) is 18. The Hall–Kier alpha value is -10.8. The van der Waals surface area contributed by atoms with Gasteiger partial charge in [-0.3, -0.25) is 19.9 Å². The topological polar surface area (TPSA) is 271 Å². The first-order valence-corrected chi connectivity index (χ1v) is 63.5. The summed E-state index contributed by atoms with van der Waals surface area (Å²) in [4.78, 5) is 37.6. The first kappa shape index (κ1) is 98.2. The summed E-state index contributed by atoms with van der Waals surface area (Å²) in [7, 11) is -6.29. The Morgan fingerprint density at radius 1 is 0.485 bits per heavy atom. The van der Waals surface area contributed by atoms with Crippen LogP contribution >= 0.6 is 0 Å². The third-order valence-electron chi connectivity index (χ3n) is 22.3. The van der Waals surface area contributed by atoms with Crippen molar-refractivity contribution in [2.24, 2.45) is 0 Å². The average Bonchev–Trinajstić information content (AvgIpc) is 1.61. The number of phenols is 1. The van der Waals surface area contributed by atoms with Gasteiger partial charge in [0.25, 0.3) is 0 Å². The molecular weight excluding hydrogens is 1730 g/mol. The lowest BCUT2D eigenvalue weighted by molar-refractivity contribution is 0.0197. The second kappa shape index (κ2) is 44.0. The molecule has 0 saturated carbocycles. The molecule has 0 aliphatic rings. The molecule has 0 saturated heterocycles. The van der Waals surface area contributed by atoms with Crippen LogP contribution in [0.5, 0.6) is 11.5 Å². The molecule has 0 spiro atoms. The van der Waals surface area contributed by atoms with Crippen LogP contribution in [0.4, 0.5) is 24.5 Å². The number of aryl methyl sites for hydroxylation is 4. The van der Waals surface area contributed by atoms with Gasteiger partial charge in [-0.05, 0) is 203 Å². The van der Waals surface area contributed by atoms with Gasteiger partial charge in [0, 0.05) is 127 Å². The van der Waals surface area contributed by atoms with Crippen LogP contribution in [0.25, 0.3) is 101 Å². The van der Waals surface area contributed by atoms with Crippen molar-refractivity contribution in [2.75, 3.05) is 50.5 Å². The normalized spacial score (nSPS) is 12.1. The Balaban J connectivity index is 0.000000183. The van der Waals surface area contributed by atoms with Crippen molar-refractivity contribution in [1.82, 2.24) is 68.8 Å². The van der Waals surface area contributed by atoms with E-state index in [1.165, 1.54) is 12.1 Å². The van der Waals surface area contributed by atoms with E-state index in [2.05, 4.69) is 181 Å². The summed E-state index contributed by atoms with van der Waals surface area (Å²) in [5.74, 6) is 0.551. The molecule has 0 unspecified atom stereocenters. The summed E-state index contributed by atoms with van der Waals surface area (Å²) >= 11 is 0. The number of rotatable bonds is 42. The minimum Gasteiger partial charge on any atom is -0.505 e. The van der Waals surface area contributed by atoms with Gasteiger partial charge >= 0.3 is 0 Å². The van der Waals surface area contributed by atoms with Gasteiger partial charge in [0.2, 0.25) is 0 Å². The molecule has 5 N–H and O–H groups in total. The van der Waals surface area contributed by atoms with E-state index in [0.717, 1.165) is 154 Å². The third kappa shape index (κ3) is 27.2. The highest BCUT2D eigenvalue weighted by Crippen LogP contribution is 2.40. The second-order valence-corrected chi connectivity index (χ2v) is 67.2. The smallest absolute Gasteiger partial charge is 0.189 e. The Morgan fingerprint density at radius 2 is 0.946 bits per heavy atom. The summed E-state index contributed by atoms with van der Waals surface area (Å²) in [6.45, 7) is 48.4. The van der Waals surface area contributed by atoms with Gasteiger partial charge in [0.1, 0.15) is 55.5 Å². The first-order chi connectivity index (χ1) is 61.9. The van der Waals surface area contributed by atoms with Gasteiger partial charge in [0.05, 0.1) is 58.6 Å². The highest BCUT2D eigenvalue weighted by Gasteiger charge is 2.27. The van der Waals surface area contributed by atoms with Crippen LogP contribution < -0.4 is 15.4 Å². The molecule has 130 heavy (non-hydrogen) atoms. The van der Waals surface area contributed by atoms with E-state index in [1.54, 1.807) is 62.3 Å². The highest BCUT2D eigenvalue weighted by atomic mass is 28.3. The number of pyridine rings is 2. The number of aromatic amines is 2. The number of fused-ring (bicyclic) bond motifs is 3. The number of phenolic OH excluding ortho intramolecular Hbond substituents is 1. The lowest BCUT2D eigenvalue weighted by Gasteiger charge is -2.16. The number of aldehydes is 1. The van der Waals surface area contributed by atoms with Gasteiger partial charge in [-0.2, -0.15) is 15.3 Å². The molecule has 24 nitrogen and oxygen atoms in total. The number of benzene rings is 6. The molecule has 0 aliphatic carbocycles. The van der Waals surface area contributed by atoms with Crippen LogP contribution in [-0.4, -0.2) is 160 Å². The van der Waals surface area contributed by atoms with Crippen molar-refractivity contribution in [3.05, 3.63) is 215 Å². The van der Waals surface area contributed by atoms with Crippen molar-refractivity contribution in [1.29, 1.82) is 0 Å². The summed E-state index contributed by atoms with van der Waals surface area (Å²) in [5.41, 5.74) is 17.3. The van der Waals surface area contributed by atoms with Gasteiger partial charge in [-0.1, -0.05) is 143 Å². The van der Waals surface area contributed by atoms with E-state index in [0.29, 0.717) is 106 Å². The van der Waals surface area contributed by atoms with Gasteiger partial charge in [-0.25, -0.2) is 37.5 Å². The van der Waals surface area contributed by atoms with Crippen molar-refractivity contribution < 1.29 is 51.5 Å². The Kier molecular flexibility index (Phi) is 33.2. The molecular formula is C98H129F3N16O8Si5. The molecule has 0 radical (unpaired) electrons. The number of aromatic nitrogens is 14. The zero-order chi connectivity index (χ0) is 93.2. The number of imidazole rings is 3. The number of nitrogens with one attached hydrogen (secondary N) is 4. The lowest BCUT2D eigenvalue weighted by Crippen LogP contribution is -2.22. The van der Waals surface area contributed by atoms with Gasteiger partial charge in [0.15, 0.2) is 53.7 Å². The van der Waals surface area contributed by atoms with Gasteiger partial charge in [-0.15, -0.1) is 0 Å². The predicted octanol–water partition coefficient (Wildman–Crippen LogP) is 23.6. The van der Waals surface area contributed by atoms with Crippen LogP contribution in [0.15, 0.2) is 159 Å². The summed E-state index contributed by atoms with van der Waals surface area (Å²) < 4.78 is 88.1. The quantitative estimate of drug-likeness (QED) is 0.0103. The van der Waals surface area contributed by atoms with Crippen LogP contribution in [-0.2, 0) is 83.0 Å². The molecule has 6 aromatic carbocycles. The summed E-state index contributed by atoms with van der Waals surface area (Å²) in [5, 5.41) is 36.8. The Labute approximate surface area is 767 Å². The van der Waals surface area contributed by atoms with Crippen molar-refractivity contribution in [3.63, 3.8) is 0 Å². The maximum atomic E-state index is 15.6. The van der Waals surface area contributed by atoms with Crippen molar-refractivity contribution >= 4 is 90.7 Å². The maximum Gasteiger partial charge on any atom is 0.189 e. The molecule has 0 amide bonds.